The third-order valence-corrected chi connectivity index (χ3v) is 4.03. The van der Waals surface area contributed by atoms with E-state index in [9.17, 15) is 0 Å². The smallest absolute Gasteiger partial charge is 0.228 e. The number of anilines is 3. The van der Waals surface area contributed by atoms with E-state index in [2.05, 4.69) is 40.2 Å². The number of hydrazone groups is 1. The number of nitrogens with zero attached hydrogens (tertiary/aromatic N) is 3. The summed E-state index contributed by atoms with van der Waals surface area (Å²) in [5.74, 6) is 0. The molecular formula is C21H23N4+. The van der Waals surface area contributed by atoms with Crippen LogP contribution in [0.1, 0.15) is 12.6 Å². The summed E-state index contributed by atoms with van der Waals surface area (Å²) < 4.78 is 2.07. The molecule has 2 aromatic carbocycles. The quantitative estimate of drug-likeness (QED) is 0.433. The van der Waals surface area contributed by atoms with Gasteiger partial charge >= 0.3 is 0 Å². The Morgan fingerprint density at radius 2 is 1.52 bits per heavy atom. The maximum Gasteiger partial charge on any atom is 0.228 e. The Balaban J connectivity index is 1.73. The SMILES string of the molecule is C/C(=N\N(C)c1ccc(Nc2ccccc2)cc1)c1cccc[n+]1C. The molecule has 1 N–H and O–H groups in total. The van der Waals surface area contributed by atoms with Crippen LogP contribution in [0.5, 0.6) is 0 Å². The molecule has 0 fully saturated rings. The van der Waals surface area contributed by atoms with Gasteiger partial charge in [-0.2, -0.15) is 9.67 Å². The molecule has 4 heteroatoms. The van der Waals surface area contributed by atoms with Crippen LogP contribution in [-0.2, 0) is 7.05 Å². The van der Waals surface area contributed by atoms with E-state index in [4.69, 9.17) is 5.10 Å². The number of hydrogen-bond acceptors (Lipinski definition) is 3. The third-order valence-electron chi connectivity index (χ3n) is 4.03. The van der Waals surface area contributed by atoms with E-state index in [0.29, 0.717) is 0 Å². The van der Waals surface area contributed by atoms with Crippen LogP contribution >= 0.6 is 0 Å². The molecule has 4 nitrogen and oxygen atoms in total. The van der Waals surface area contributed by atoms with E-state index in [1.165, 1.54) is 0 Å². The topological polar surface area (TPSA) is 31.5 Å². The molecule has 0 saturated carbocycles. The van der Waals surface area contributed by atoms with Crippen molar-refractivity contribution < 1.29 is 4.57 Å². The van der Waals surface area contributed by atoms with Gasteiger partial charge in [-0.25, -0.2) is 0 Å². The van der Waals surface area contributed by atoms with Gasteiger partial charge in [0, 0.05) is 30.6 Å². The van der Waals surface area contributed by atoms with Gasteiger partial charge in [0.2, 0.25) is 5.69 Å². The summed E-state index contributed by atoms with van der Waals surface area (Å²) in [6.07, 6.45) is 2.03. The first-order valence-corrected chi connectivity index (χ1v) is 8.29. The highest BCUT2D eigenvalue weighted by Gasteiger charge is 2.10. The molecule has 0 saturated heterocycles. The molecule has 0 atom stereocenters. The molecular weight excluding hydrogens is 308 g/mol. The molecule has 3 aromatic rings. The fraction of sp³-hybridized carbons (Fsp3) is 0.143. The Bertz CT molecular complexity index is 855. The molecule has 0 bridgehead atoms. The Kier molecular flexibility index (Phi) is 5.09. The number of hydrogen-bond donors (Lipinski definition) is 1. The van der Waals surface area contributed by atoms with Crippen LogP contribution in [0.25, 0.3) is 0 Å². The number of pyridine rings is 1. The summed E-state index contributed by atoms with van der Waals surface area (Å²) in [6, 6.07) is 24.5. The molecule has 1 aromatic heterocycles. The van der Waals surface area contributed by atoms with Crippen molar-refractivity contribution in [3.63, 3.8) is 0 Å². The zero-order chi connectivity index (χ0) is 17.6. The minimum absolute atomic E-state index is 0.970. The highest BCUT2D eigenvalue weighted by atomic mass is 15.4. The van der Waals surface area contributed by atoms with Crippen LogP contribution in [-0.4, -0.2) is 12.8 Å². The van der Waals surface area contributed by atoms with Crippen molar-refractivity contribution in [1.82, 2.24) is 0 Å². The largest absolute Gasteiger partial charge is 0.356 e. The van der Waals surface area contributed by atoms with Crippen molar-refractivity contribution >= 4 is 22.8 Å². The van der Waals surface area contributed by atoms with Crippen molar-refractivity contribution in [3.8, 4) is 0 Å². The van der Waals surface area contributed by atoms with Crippen LogP contribution in [0.3, 0.4) is 0 Å². The summed E-state index contributed by atoms with van der Waals surface area (Å²) in [5.41, 5.74) is 5.23. The zero-order valence-electron chi connectivity index (χ0n) is 14.8. The monoisotopic (exact) mass is 331 g/mol. The minimum Gasteiger partial charge on any atom is -0.356 e. The van der Waals surface area contributed by atoms with Gasteiger partial charge in [0.05, 0.1) is 5.69 Å². The van der Waals surface area contributed by atoms with Crippen molar-refractivity contribution in [1.29, 1.82) is 0 Å². The Hall–Kier alpha value is -3.14. The maximum atomic E-state index is 4.70. The summed E-state index contributed by atoms with van der Waals surface area (Å²) in [7, 11) is 3.99. The van der Waals surface area contributed by atoms with Crippen LogP contribution in [0.2, 0.25) is 0 Å². The Labute approximate surface area is 149 Å². The van der Waals surface area contributed by atoms with Crippen LogP contribution < -0.4 is 14.9 Å². The van der Waals surface area contributed by atoms with Gasteiger partial charge in [0.25, 0.3) is 0 Å². The average molecular weight is 331 g/mol. The fourth-order valence-electron chi connectivity index (χ4n) is 2.68. The molecule has 3 rings (SSSR count). The van der Waals surface area contributed by atoms with Crippen LogP contribution in [0, 0.1) is 0 Å². The lowest BCUT2D eigenvalue weighted by Gasteiger charge is -2.15. The highest BCUT2D eigenvalue weighted by molar-refractivity contribution is 5.96. The summed E-state index contributed by atoms with van der Waals surface area (Å²) in [4.78, 5) is 0. The highest BCUT2D eigenvalue weighted by Crippen LogP contribution is 2.20. The van der Waals surface area contributed by atoms with Gasteiger partial charge in [0.1, 0.15) is 12.8 Å². The van der Waals surface area contributed by atoms with E-state index >= 15 is 0 Å². The van der Waals surface area contributed by atoms with Crippen LogP contribution in [0.15, 0.2) is 84.1 Å². The van der Waals surface area contributed by atoms with Crippen molar-refractivity contribution in [2.24, 2.45) is 12.1 Å². The van der Waals surface area contributed by atoms with Crippen LogP contribution in [0.4, 0.5) is 17.1 Å². The van der Waals surface area contributed by atoms with Crippen molar-refractivity contribution in [2.75, 3.05) is 17.4 Å². The Morgan fingerprint density at radius 3 is 2.20 bits per heavy atom. The van der Waals surface area contributed by atoms with Gasteiger partial charge in [0.15, 0.2) is 6.20 Å². The molecule has 25 heavy (non-hydrogen) atoms. The second-order valence-electron chi connectivity index (χ2n) is 5.94. The standard InChI is InChI=1S/C21H23N4/c1-17(21-11-7-8-16-24(21)2)23-25(3)20-14-12-19(13-15-20)22-18-9-5-4-6-10-18/h4-16,22H,1-3H3/q+1. The van der Waals surface area contributed by atoms with Crippen molar-refractivity contribution in [2.45, 2.75) is 6.92 Å². The van der Waals surface area contributed by atoms with Gasteiger partial charge in [-0.15, -0.1) is 0 Å². The van der Waals surface area contributed by atoms with E-state index in [1.54, 1.807) is 0 Å². The summed E-state index contributed by atoms with van der Waals surface area (Å²) in [5, 5.41) is 9.98. The molecule has 0 aliphatic carbocycles. The maximum absolute atomic E-state index is 4.70. The predicted molar refractivity (Wildman–Crippen MR) is 104 cm³/mol. The first-order valence-electron chi connectivity index (χ1n) is 8.29. The van der Waals surface area contributed by atoms with E-state index in [-0.39, 0.29) is 0 Å². The summed E-state index contributed by atoms with van der Waals surface area (Å²) in [6.45, 7) is 2.02. The zero-order valence-corrected chi connectivity index (χ0v) is 14.8. The second kappa shape index (κ2) is 7.62. The van der Waals surface area contributed by atoms with E-state index < -0.39 is 0 Å². The van der Waals surface area contributed by atoms with Gasteiger partial charge in [-0.3, -0.25) is 5.01 Å². The summed E-state index contributed by atoms with van der Waals surface area (Å²) >= 11 is 0. The molecule has 0 spiro atoms. The molecule has 0 aliphatic rings. The molecule has 1 heterocycles. The fourth-order valence-corrected chi connectivity index (χ4v) is 2.68. The lowest BCUT2D eigenvalue weighted by molar-refractivity contribution is -0.672. The lowest BCUT2D eigenvalue weighted by atomic mass is 10.2. The van der Waals surface area contributed by atoms with E-state index in [1.807, 2.05) is 74.7 Å². The van der Waals surface area contributed by atoms with E-state index in [0.717, 1.165) is 28.5 Å². The molecule has 126 valence electrons. The Morgan fingerprint density at radius 1 is 0.880 bits per heavy atom. The molecule has 0 radical (unpaired) electrons. The minimum atomic E-state index is 0.970. The number of aromatic nitrogens is 1. The number of benzene rings is 2. The number of para-hydroxylation sites is 1. The van der Waals surface area contributed by atoms with Gasteiger partial charge in [-0.1, -0.05) is 18.2 Å². The molecule has 0 unspecified atom stereocenters. The third kappa shape index (κ3) is 4.23. The number of aryl methyl sites for hydroxylation is 1. The average Bonchev–Trinajstić information content (AvgIpc) is 2.63. The molecule has 0 aliphatic heterocycles. The lowest BCUT2D eigenvalue weighted by Crippen LogP contribution is -2.35. The number of nitrogens with one attached hydrogen (secondary N) is 1. The van der Waals surface area contributed by atoms with Gasteiger partial charge in [-0.05, 0) is 49.4 Å². The second-order valence-corrected chi connectivity index (χ2v) is 5.94. The van der Waals surface area contributed by atoms with Gasteiger partial charge < -0.3 is 5.32 Å². The normalized spacial score (nSPS) is 11.2. The molecule has 0 amide bonds. The van der Waals surface area contributed by atoms with Crippen molar-refractivity contribution in [3.05, 3.63) is 84.7 Å². The first kappa shape index (κ1) is 16.7. The first-order chi connectivity index (χ1) is 12.1. The predicted octanol–water partition coefficient (Wildman–Crippen LogP) is 4.12. The number of rotatable bonds is 5.